The van der Waals surface area contributed by atoms with Gasteiger partial charge in [-0.15, -0.1) is 0 Å². The highest BCUT2D eigenvalue weighted by atomic mass is 16.3. The predicted octanol–water partition coefficient (Wildman–Crippen LogP) is -1.76. The molecule has 1 rings (SSSR count). The number of benzene rings is 1. The Labute approximate surface area is 157 Å². The van der Waals surface area contributed by atoms with E-state index in [1.807, 2.05) is 0 Å². The highest BCUT2D eigenvalue weighted by Crippen LogP contribution is 2.11. The number of guanidine groups is 1. The third-order valence-electron chi connectivity index (χ3n) is 3.68. The Morgan fingerprint density at radius 1 is 1.19 bits per heavy atom. The summed E-state index contributed by atoms with van der Waals surface area (Å²) in [5.74, 6) is -1.12. The molecule has 1 aromatic rings. The van der Waals surface area contributed by atoms with E-state index in [2.05, 4.69) is 16.0 Å². The summed E-state index contributed by atoms with van der Waals surface area (Å²) in [5, 5.41) is 23.9. The Bertz CT molecular complexity index is 649. The zero-order valence-corrected chi connectivity index (χ0v) is 14.8. The third kappa shape index (κ3) is 8.68. The maximum Gasteiger partial charge on any atom is 0.242 e. The number of carbonyl (C=O) groups excluding carboxylic acids is 3. The number of nitrogens with one attached hydrogen (secondary N) is 4. The molecule has 0 saturated carbocycles. The van der Waals surface area contributed by atoms with Crippen LogP contribution in [0.3, 0.4) is 0 Å². The maximum absolute atomic E-state index is 12.3. The predicted molar refractivity (Wildman–Crippen MR) is 99.6 cm³/mol. The minimum atomic E-state index is -0.891. The summed E-state index contributed by atoms with van der Waals surface area (Å²) in [6, 6.07) is 4.52. The smallest absolute Gasteiger partial charge is 0.242 e. The molecule has 0 saturated heterocycles. The zero-order chi connectivity index (χ0) is 20.2. The Morgan fingerprint density at radius 3 is 2.44 bits per heavy atom. The molecular formula is C17H25N6O4. The number of aromatic hydroxyl groups is 1. The van der Waals surface area contributed by atoms with Crippen molar-refractivity contribution in [3.63, 3.8) is 0 Å². The average molecular weight is 377 g/mol. The second-order valence-electron chi connectivity index (χ2n) is 5.88. The Hall–Kier alpha value is -3.14. The number of phenolic OH excluding ortho intramolecular Hbond substituents is 1. The van der Waals surface area contributed by atoms with Gasteiger partial charge in [-0.3, -0.25) is 19.8 Å². The van der Waals surface area contributed by atoms with Gasteiger partial charge in [0.25, 0.3) is 0 Å². The van der Waals surface area contributed by atoms with Gasteiger partial charge in [-0.1, -0.05) is 12.1 Å². The van der Waals surface area contributed by atoms with Crippen molar-refractivity contribution in [3.05, 3.63) is 29.8 Å². The SMILES string of the molecule is N=C(N)NCCCC(NC(=O)C(N)Cc1ccc(O)cc1)C(=O)NC[C]=O. The summed E-state index contributed by atoms with van der Waals surface area (Å²) in [6.07, 6.45) is 2.50. The topological polar surface area (TPSA) is 183 Å². The number of phenols is 1. The fourth-order valence-electron chi connectivity index (χ4n) is 2.30. The van der Waals surface area contributed by atoms with Crippen molar-refractivity contribution in [2.45, 2.75) is 31.3 Å². The Kier molecular flexibility index (Phi) is 9.30. The average Bonchev–Trinajstić information content (AvgIpc) is 2.63. The first-order valence-corrected chi connectivity index (χ1v) is 8.38. The van der Waals surface area contributed by atoms with Crippen LogP contribution >= 0.6 is 0 Å². The summed E-state index contributed by atoms with van der Waals surface area (Å²) in [6.45, 7) is 0.0742. The fraction of sp³-hybridized carbons (Fsp3) is 0.412. The first kappa shape index (κ1) is 21.9. The zero-order valence-electron chi connectivity index (χ0n) is 14.8. The monoisotopic (exact) mass is 377 g/mol. The molecule has 2 atom stereocenters. The van der Waals surface area contributed by atoms with Crippen LogP contribution in [0.4, 0.5) is 0 Å². The summed E-state index contributed by atoms with van der Waals surface area (Å²) in [7, 11) is 0. The van der Waals surface area contributed by atoms with Gasteiger partial charge < -0.3 is 32.5 Å². The van der Waals surface area contributed by atoms with Gasteiger partial charge in [0.15, 0.2) is 5.96 Å². The Balaban J connectivity index is 2.62. The van der Waals surface area contributed by atoms with Crippen molar-refractivity contribution in [1.29, 1.82) is 5.41 Å². The van der Waals surface area contributed by atoms with E-state index in [0.29, 0.717) is 13.0 Å². The number of nitrogens with two attached hydrogens (primary N) is 2. The second kappa shape index (κ2) is 11.5. The molecule has 0 aliphatic rings. The van der Waals surface area contributed by atoms with E-state index in [1.54, 1.807) is 18.4 Å². The van der Waals surface area contributed by atoms with Crippen molar-refractivity contribution in [2.24, 2.45) is 11.5 Å². The summed E-state index contributed by atoms with van der Waals surface area (Å²) >= 11 is 0. The van der Waals surface area contributed by atoms with Crippen LogP contribution in [0.2, 0.25) is 0 Å². The molecule has 9 N–H and O–H groups in total. The first-order chi connectivity index (χ1) is 12.8. The second-order valence-corrected chi connectivity index (χ2v) is 5.88. The first-order valence-electron chi connectivity index (χ1n) is 8.38. The van der Waals surface area contributed by atoms with Crippen molar-refractivity contribution >= 4 is 24.1 Å². The number of carbonyl (C=O) groups is 2. The van der Waals surface area contributed by atoms with Crippen LogP contribution in [0.15, 0.2) is 24.3 Å². The van der Waals surface area contributed by atoms with Crippen LogP contribution in [0.5, 0.6) is 5.75 Å². The molecule has 0 fully saturated rings. The van der Waals surface area contributed by atoms with Crippen molar-refractivity contribution < 1.29 is 19.5 Å². The van der Waals surface area contributed by atoms with Crippen LogP contribution < -0.4 is 27.4 Å². The van der Waals surface area contributed by atoms with Gasteiger partial charge in [0.2, 0.25) is 18.1 Å². The van der Waals surface area contributed by atoms with E-state index < -0.39 is 23.9 Å². The molecule has 1 radical (unpaired) electrons. The van der Waals surface area contributed by atoms with E-state index >= 15 is 0 Å². The van der Waals surface area contributed by atoms with Crippen molar-refractivity contribution in [2.75, 3.05) is 13.1 Å². The van der Waals surface area contributed by atoms with Crippen LogP contribution in [0, 0.1) is 5.41 Å². The quantitative estimate of drug-likeness (QED) is 0.135. The minimum absolute atomic E-state index is 0.111. The Morgan fingerprint density at radius 2 is 1.85 bits per heavy atom. The van der Waals surface area contributed by atoms with Crippen molar-refractivity contribution in [1.82, 2.24) is 16.0 Å². The van der Waals surface area contributed by atoms with E-state index in [9.17, 15) is 19.5 Å². The molecular weight excluding hydrogens is 352 g/mol. The van der Waals surface area contributed by atoms with Gasteiger partial charge in [0.05, 0.1) is 12.6 Å². The molecule has 0 aromatic heterocycles. The number of rotatable bonds is 11. The molecule has 147 valence electrons. The highest BCUT2D eigenvalue weighted by Gasteiger charge is 2.23. The number of amides is 2. The van der Waals surface area contributed by atoms with Gasteiger partial charge in [0.1, 0.15) is 11.8 Å². The van der Waals surface area contributed by atoms with Crippen LogP contribution in [-0.2, 0) is 20.8 Å². The molecule has 2 amide bonds. The van der Waals surface area contributed by atoms with Crippen LogP contribution in [-0.4, -0.2) is 54.3 Å². The van der Waals surface area contributed by atoms with Crippen molar-refractivity contribution in [3.8, 4) is 5.75 Å². The van der Waals surface area contributed by atoms with Crippen LogP contribution in [0.25, 0.3) is 0 Å². The van der Waals surface area contributed by atoms with Gasteiger partial charge >= 0.3 is 0 Å². The summed E-state index contributed by atoms with van der Waals surface area (Å²) in [4.78, 5) is 34.8. The lowest BCUT2D eigenvalue weighted by Crippen LogP contribution is -2.52. The molecule has 0 bridgehead atoms. The summed E-state index contributed by atoms with van der Waals surface area (Å²) < 4.78 is 0. The van der Waals surface area contributed by atoms with E-state index in [0.717, 1.165) is 5.56 Å². The standard InChI is InChI=1S/C17H25N6O4/c18-13(10-11-3-5-12(25)6-4-11)15(26)23-14(16(27)21-8-9-24)2-1-7-22-17(19)20/h3-6,13-14,25H,1-2,7-8,10,18H2,(H,21,27)(H,23,26)(H4,19,20,22). The molecule has 10 nitrogen and oxygen atoms in total. The molecule has 0 spiro atoms. The lowest BCUT2D eigenvalue weighted by molar-refractivity contribution is -0.129. The number of hydrogen-bond acceptors (Lipinski definition) is 6. The van der Waals surface area contributed by atoms with Gasteiger partial charge in [-0.2, -0.15) is 0 Å². The summed E-state index contributed by atoms with van der Waals surface area (Å²) in [5.41, 5.74) is 11.9. The van der Waals surface area contributed by atoms with E-state index in [-0.39, 0.29) is 31.1 Å². The maximum atomic E-state index is 12.3. The van der Waals surface area contributed by atoms with Gasteiger partial charge in [-0.05, 0) is 37.0 Å². The fourth-order valence-corrected chi connectivity index (χ4v) is 2.30. The van der Waals surface area contributed by atoms with Gasteiger partial charge in [0, 0.05) is 6.54 Å². The van der Waals surface area contributed by atoms with Gasteiger partial charge in [-0.25, -0.2) is 0 Å². The lowest BCUT2D eigenvalue weighted by atomic mass is 10.0. The minimum Gasteiger partial charge on any atom is -0.508 e. The largest absolute Gasteiger partial charge is 0.508 e. The molecule has 0 aliphatic carbocycles. The van der Waals surface area contributed by atoms with E-state index in [1.165, 1.54) is 12.1 Å². The molecule has 27 heavy (non-hydrogen) atoms. The van der Waals surface area contributed by atoms with E-state index in [4.69, 9.17) is 16.9 Å². The number of hydrogen-bond donors (Lipinski definition) is 7. The molecule has 0 heterocycles. The lowest BCUT2D eigenvalue weighted by Gasteiger charge is -2.20. The third-order valence-corrected chi connectivity index (χ3v) is 3.68. The molecule has 1 aromatic carbocycles. The normalized spacial score (nSPS) is 12.5. The molecule has 2 unspecified atom stereocenters. The van der Waals surface area contributed by atoms with Crippen LogP contribution in [0.1, 0.15) is 18.4 Å². The molecule has 0 aliphatic heterocycles. The highest BCUT2D eigenvalue weighted by molar-refractivity contribution is 5.90. The molecule has 10 heteroatoms.